The number of aromatic hydroxyl groups is 1. The Hall–Kier alpha value is -2.75. The van der Waals surface area contributed by atoms with Gasteiger partial charge in [0, 0.05) is 7.05 Å². The molecule has 116 valence electrons. The van der Waals surface area contributed by atoms with E-state index >= 15 is 0 Å². The summed E-state index contributed by atoms with van der Waals surface area (Å²) in [5.74, 6) is -0.512. The quantitative estimate of drug-likeness (QED) is 0.527. The van der Waals surface area contributed by atoms with Crippen LogP contribution in [0.1, 0.15) is 28.7 Å². The van der Waals surface area contributed by atoms with Gasteiger partial charge in [0.2, 0.25) is 0 Å². The SMILES string of the molecule is C/C(=N\NC(=O)c1cc(C)nn1C)c1c(O)sc(=O)[nH]c1=O. The predicted molar refractivity (Wildman–Crippen MR) is 80.5 cm³/mol. The summed E-state index contributed by atoms with van der Waals surface area (Å²) in [6.07, 6.45) is 0. The van der Waals surface area contributed by atoms with Crippen molar-refractivity contribution >= 4 is 23.0 Å². The molecule has 0 bridgehead atoms. The summed E-state index contributed by atoms with van der Waals surface area (Å²) in [7, 11) is 1.61. The van der Waals surface area contributed by atoms with Gasteiger partial charge in [-0.25, -0.2) is 5.43 Å². The highest BCUT2D eigenvalue weighted by Gasteiger charge is 2.14. The minimum Gasteiger partial charge on any atom is -0.499 e. The highest BCUT2D eigenvalue weighted by atomic mass is 32.1. The highest BCUT2D eigenvalue weighted by molar-refractivity contribution is 7.11. The number of aromatic amines is 1. The monoisotopic (exact) mass is 323 g/mol. The molecule has 2 aromatic heterocycles. The van der Waals surface area contributed by atoms with Crippen molar-refractivity contribution in [1.82, 2.24) is 20.2 Å². The van der Waals surface area contributed by atoms with Gasteiger partial charge in [-0.2, -0.15) is 10.2 Å². The van der Waals surface area contributed by atoms with Crippen molar-refractivity contribution in [3.8, 4) is 5.06 Å². The third kappa shape index (κ3) is 3.11. The molecule has 0 unspecified atom stereocenters. The van der Waals surface area contributed by atoms with Gasteiger partial charge in [-0.15, -0.1) is 0 Å². The smallest absolute Gasteiger partial charge is 0.310 e. The van der Waals surface area contributed by atoms with E-state index < -0.39 is 21.4 Å². The first-order valence-electron chi connectivity index (χ1n) is 6.11. The maximum atomic E-state index is 12.0. The summed E-state index contributed by atoms with van der Waals surface area (Å²) < 4.78 is 1.40. The molecule has 0 aromatic carbocycles. The number of hydrogen-bond donors (Lipinski definition) is 3. The number of amides is 1. The Morgan fingerprint density at radius 1 is 1.50 bits per heavy atom. The summed E-state index contributed by atoms with van der Waals surface area (Å²) in [5.41, 5.74) is 2.38. The Bertz CT molecular complexity index is 876. The first kappa shape index (κ1) is 15.6. The molecule has 0 saturated carbocycles. The average Bonchev–Trinajstić information content (AvgIpc) is 2.74. The second-order valence-electron chi connectivity index (χ2n) is 4.46. The van der Waals surface area contributed by atoms with Crippen LogP contribution in [-0.4, -0.2) is 31.5 Å². The molecule has 0 atom stereocenters. The third-order valence-electron chi connectivity index (χ3n) is 2.77. The summed E-state index contributed by atoms with van der Waals surface area (Å²) in [6.45, 7) is 3.17. The molecule has 10 heteroatoms. The summed E-state index contributed by atoms with van der Waals surface area (Å²) in [6, 6.07) is 1.58. The number of carbonyl (C=O) groups excluding carboxylic acids is 1. The van der Waals surface area contributed by atoms with Crippen LogP contribution in [0.3, 0.4) is 0 Å². The van der Waals surface area contributed by atoms with Gasteiger partial charge in [-0.3, -0.25) is 24.0 Å². The van der Waals surface area contributed by atoms with Crippen LogP contribution in [0.5, 0.6) is 5.06 Å². The van der Waals surface area contributed by atoms with Gasteiger partial charge >= 0.3 is 4.87 Å². The van der Waals surface area contributed by atoms with Crippen molar-refractivity contribution in [2.75, 3.05) is 0 Å². The molecule has 1 amide bonds. The van der Waals surface area contributed by atoms with Crippen molar-refractivity contribution in [1.29, 1.82) is 0 Å². The van der Waals surface area contributed by atoms with Crippen LogP contribution in [0.4, 0.5) is 0 Å². The van der Waals surface area contributed by atoms with Crippen LogP contribution < -0.4 is 15.9 Å². The molecule has 9 nitrogen and oxygen atoms in total. The molecule has 0 fully saturated rings. The molecule has 0 aliphatic carbocycles. The molecule has 0 radical (unpaired) electrons. The van der Waals surface area contributed by atoms with Crippen LogP contribution in [0.15, 0.2) is 20.8 Å². The molecule has 0 spiro atoms. The summed E-state index contributed by atoms with van der Waals surface area (Å²) in [4.78, 5) is 36.0. The Kier molecular flexibility index (Phi) is 4.22. The molecule has 0 aliphatic rings. The van der Waals surface area contributed by atoms with Crippen molar-refractivity contribution in [2.45, 2.75) is 13.8 Å². The second kappa shape index (κ2) is 5.93. The molecule has 0 saturated heterocycles. The zero-order valence-corrected chi connectivity index (χ0v) is 12.8. The molecular formula is C12H13N5O4S. The van der Waals surface area contributed by atoms with Crippen LogP contribution in [0, 0.1) is 6.92 Å². The number of carbonyl (C=O) groups is 1. The second-order valence-corrected chi connectivity index (χ2v) is 5.42. The highest BCUT2D eigenvalue weighted by Crippen LogP contribution is 2.15. The number of hydrazone groups is 1. The number of aryl methyl sites for hydroxylation is 2. The fourth-order valence-corrected chi connectivity index (χ4v) is 2.47. The van der Waals surface area contributed by atoms with Gasteiger partial charge in [0.05, 0.1) is 11.4 Å². The first-order valence-corrected chi connectivity index (χ1v) is 6.93. The van der Waals surface area contributed by atoms with Crippen LogP contribution in [-0.2, 0) is 7.05 Å². The molecule has 2 heterocycles. The average molecular weight is 323 g/mol. The molecular weight excluding hydrogens is 310 g/mol. The maximum Gasteiger partial charge on any atom is 0.310 e. The molecule has 2 aromatic rings. The Morgan fingerprint density at radius 2 is 2.18 bits per heavy atom. The Morgan fingerprint density at radius 3 is 2.73 bits per heavy atom. The van der Waals surface area contributed by atoms with E-state index in [0.29, 0.717) is 22.7 Å². The molecule has 0 aliphatic heterocycles. The van der Waals surface area contributed by atoms with Crippen LogP contribution in [0.25, 0.3) is 0 Å². The lowest BCUT2D eigenvalue weighted by atomic mass is 10.2. The van der Waals surface area contributed by atoms with E-state index in [1.807, 2.05) is 4.98 Å². The van der Waals surface area contributed by atoms with E-state index in [0.717, 1.165) is 0 Å². The van der Waals surface area contributed by atoms with Crippen molar-refractivity contribution < 1.29 is 9.90 Å². The van der Waals surface area contributed by atoms with Crippen molar-refractivity contribution in [3.63, 3.8) is 0 Å². The van der Waals surface area contributed by atoms with E-state index in [-0.39, 0.29) is 11.3 Å². The van der Waals surface area contributed by atoms with E-state index in [2.05, 4.69) is 15.6 Å². The van der Waals surface area contributed by atoms with Gasteiger partial charge < -0.3 is 5.11 Å². The summed E-state index contributed by atoms with van der Waals surface area (Å²) in [5, 5.41) is 17.0. The largest absolute Gasteiger partial charge is 0.499 e. The maximum absolute atomic E-state index is 12.0. The van der Waals surface area contributed by atoms with Crippen LogP contribution in [0.2, 0.25) is 0 Å². The Balaban J connectivity index is 2.27. The number of nitrogens with one attached hydrogen (secondary N) is 2. The first-order chi connectivity index (χ1) is 10.3. The zero-order valence-electron chi connectivity index (χ0n) is 12.0. The number of nitrogens with zero attached hydrogens (tertiary/aromatic N) is 3. The molecule has 22 heavy (non-hydrogen) atoms. The number of rotatable bonds is 3. The predicted octanol–water partition coefficient (Wildman–Crippen LogP) is -0.302. The van der Waals surface area contributed by atoms with Gasteiger partial charge in [0.1, 0.15) is 11.3 Å². The minimum atomic E-state index is -0.770. The van der Waals surface area contributed by atoms with E-state index in [1.54, 1.807) is 20.0 Å². The van der Waals surface area contributed by atoms with E-state index in [9.17, 15) is 19.5 Å². The van der Waals surface area contributed by atoms with Gasteiger partial charge in [-0.05, 0) is 31.3 Å². The van der Waals surface area contributed by atoms with Crippen molar-refractivity contribution in [3.05, 3.63) is 43.0 Å². The number of H-pyrrole nitrogens is 1. The fraction of sp³-hybridized carbons (Fsp3) is 0.250. The van der Waals surface area contributed by atoms with Gasteiger partial charge in [-0.1, -0.05) is 0 Å². The van der Waals surface area contributed by atoms with Crippen molar-refractivity contribution in [2.24, 2.45) is 12.1 Å². The lowest BCUT2D eigenvalue weighted by molar-refractivity contribution is 0.0945. The third-order valence-corrected chi connectivity index (χ3v) is 3.45. The van der Waals surface area contributed by atoms with E-state index in [1.165, 1.54) is 11.6 Å². The lowest BCUT2D eigenvalue weighted by Gasteiger charge is -2.03. The van der Waals surface area contributed by atoms with Gasteiger partial charge in [0.15, 0.2) is 5.06 Å². The minimum absolute atomic E-state index is 0.0715. The normalized spacial score (nSPS) is 11.5. The lowest BCUT2D eigenvalue weighted by Crippen LogP contribution is -2.26. The standard InChI is InChI=1S/C12H13N5O4S/c1-5-4-7(17(3)16-5)9(18)15-14-6(2)8-10(19)13-12(21)22-11(8)20/h4,20H,1-3H3,(H,15,18)(H,13,19,21)/b14-6+. The van der Waals surface area contributed by atoms with E-state index in [4.69, 9.17) is 0 Å². The zero-order chi connectivity index (χ0) is 16.4. The topological polar surface area (TPSA) is 129 Å². The van der Waals surface area contributed by atoms with Gasteiger partial charge in [0.25, 0.3) is 11.5 Å². The number of hydrogen-bond acceptors (Lipinski definition) is 7. The Labute approximate surface area is 127 Å². The molecule has 2 rings (SSSR count). The summed E-state index contributed by atoms with van der Waals surface area (Å²) >= 11 is 0.475. The fourth-order valence-electron chi connectivity index (χ4n) is 1.81. The molecule has 3 N–H and O–H groups in total. The number of aromatic nitrogens is 3. The van der Waals surface area contributed by atoms with Crippen LogP contribution >= 0.6 is 11.3 Å².